The van der Waals surface area contributed by atoms with Crippen molar-refractivity contribution in [1.29, 1.82) is 0 Å². The average Bonchev–Trinajstić information content (AvgIpc) is 2.45. The van der Waals surface area contributed by atoms with Crippen molar-refractivity contribution in [2.75, 3.05) is 6.26 Å². The average molecular weight is 338 g/mol. The normalized spacial score (nSPS) is 11.0. The molecule has 68 valence electrons. The predicted octanol–water partition coefficient (Wildman–Crippen LogP) is 4.52. The molecule has 0 N–H and O–H groups in total. The molecule has 0 fully saturated rings. The quantitative estimate of drug-likeness (QED) is 0.453. The first-order chi connectivity index (χ1) is 6.24. The first-order valence-corrected chi connectivity index (χ1v) is 7.24. The van der Waals surface area contributed by atoms with Gasteiger partial charge in [0, 0.05) is 18.6 Å². The first-order valence-electron chi connectivity index (χ1n) is 3.68. The zero-order chi connectivity index (χ0) is 9.42. The van der Waals surface area contributed by atoms with Crippen LogP contribution in [0, 0.1) is 3.57 Å². The largest absolute Gasteiger partial charge is 0.142 e. The molecule has 13 heavy (non-hydrogen) atoms. The summed E-state index contributed by atoms with van der Waals surface area (Å²) in [5.74, 6) is 0. The predicted molar refractivity (Wildman–Crippen MR) is 73.6 cm³/mol. The van der Waals surface area contributed by atoms with Gasteiger partial charge in [-0.05, 0) is 34.9 Å². The highest BCUT2D eigenvalue weighted by Crippen LogP contribution is 2.40. The fraction of sp³-hybridized carbons (Fsp3) is 0.111. The number of thiophene rings is 1. The van der Waals surface area contributed by atoms with Crippen LogP contribution in [0.1, 0.15) is 0 Å². The van der Waals surface area contributed by atoms with E-state index in [0.29, 0.717) is 0 Å². The first kappa shape index (κ1) is 10.1. The molecule has 0 bridgehead atoms. The number of rotatable bonds is 1. The Hall–Kier alpha value is 0.610. The SMILES string of the molecule is CSc1sc2c(S)cccc2c1I. The van der Waals surface area contributed by atoms with Crippen LogP contribution in [-0.2, 0) is 0 Å². The summed E-state index contributed by atoms with van der Waals surface area (Å²) in [5.41, 5.74) is 0. The van der Waals surface area contributed by atoms with E-state index in [0.717, 1.165) is 4.90 Å². The van der Waals surface area contributed by atoms with Crippen molar-refractivity contribution >= 4 is 68.4 Å². The van der Waals surface area contributed by atoms with Crippen molar-refractivity contribution in [2.45, 2.75) is 9.10 Å². The standard InChI is InChI=1S/C9H7IS3/c1-12-9-7(10)5-3-2-4-6(11)8(5)13-9/h2-4,11H,1H3. The molecule has 0 aliphatic heterocycles. The molecule has 0 aliphatic carbocycles. The number of halogens is 1. The van der Waals surface area contributed by atoms with Gasteiger partial charge in [0.1, 0.15) is 0 Å². The van der Waals surface area contributed by atoms with Gasteiger partial charge in [0.05, 0.1) is 4.21 Å². The highest BCUT2D eigenvalue weighted by atomic mass is 127. The van der Waals surface area contributed by atoms with Gasteiger partial charge < -0.3 is 0 Å². The number of hydrogen-bond acceptors (Lipinski definition) is 3. The van der Waals surface area contributed by atoms with Gasteiger partial charge in [0.25, 0.3) is 0 Å². The van der Waals surface area contributed by atoms with Gasteiger partial charge in [-0.2, -0.15) is 0 Å². The van der Waals surface area contributed by atoms with E-state index in [1.54, 1.807) is 11.8 Å². The zero-order valence-electron chi connectivity index (χ0n) is 6.87. The van der Waals surface area contributed by atoms with E-state index in [1.807, 2.05) is 17.4 Å². The van der Waals surface area contributed by atoms with E-state index in [4.69, 9.17) is 0 Å². The molecule has 0 spiro atoms. The Labute approximate surface area is 105 Å². The molecule has 2 rings (SSSR count). The van der Waals surface area contributed by atoms with Crippen LogP contribution in [0.5, 0.6) is 0 Å². The molecule has 4 heteroatoms. The lowest BCUT2D eigenvalue weighted by molar-refractivity contribution is 1.59. The maximum atomic E-state index is 4.45. The van der Waals surface area contributed by atoms with Crippen molar-refractivity contribution in [3.05, 3.63) is 21.8 Å². The maximum absolute atomic E-state index is 4.45. The highest BCUT2D eigenvalue weighted by molar-refractivity contribution is 14.1. The molecular weight excluding hydrogens is 331 g/mol. The van der Waals surface area contributed by atoms with Crippen LogP contribution in [0.3, 0.4) is 0 Å². The van der Waals surface area contributed by atoms with Crippen LogP contribution in [0.15, 0.2) is 27.3 Å². The minimum Gasteiger partial charge on any atom is -0.142 e. The van der Waals surface area contributed by atoms with Crippen LogP contribution in [0.2, 0.25) is 0 Å². The summed E-state index contributed by atoms with van der Waals surface area (Å²) in [4.78, 5) is 1.08. The van der Waals surface area contributed by atoms with E-state index in [1.165, 1.54) is 17.9 Å². The topological polar surface area (TPSA) is 0 Å². The Bertz CT molecular complexity index is 447. The highest BCUT2D eigenvalue weighted by Gasteiger charge is 2.09. The molecule has 1 aromatic carbocycles. The molecule has 0 atom stereocenters. The number of benzene rings is 1. The molecule has 0 nitrogen and oxygen atoms in total. The van der Waals surface area contributed by atoms with Gasteiger partial charge in [0.15, 0.2) is 0 Å². The molecule has 0 saturated heterocycles. The van der Waals surface area contributed by atoms with Gasteiger partial charge in [-0.3, -0.25) is 0 Å². The molecule has 0 aliphatic rings. The Balaban J connectivity index is 2.83. The van der Waals surface area contributed by atoms with E-state index in [-0.39, 0.29) is 0 Å². The molecule has 0 unspecified atom stereocenters. The van der Waals surface area contributed by atoms with Crippen LogP contribution >= 0.6 is 58.3 Å². The number of thioether (sulfide) groups is 1. The third kappa shape index (κ3) is 1.73. The second-order valence-electron chi connectivity index (χ2n) is 2.56. The van der Waals surface area contributed by atoms with Crippen LogP contribution in [0.25, 0.3) is 10.1 Å². The lowest BCUT2D eigenvalue weighted by Gasteiger charge is -1.92. The summed E-state index contributed by atoms with van der Waals surface area (Å²) in [7, 11) is 0. The third-order valence-corrected chi connectivity index (χ3v) is 6.52. The zero-order valence-corrected chi connectivity index (χ0v) is 11.6. The van der Waals surface area contributed by atoms with Crippen molar-refractivity contribution < 1.29 is 0 Å². The minimum atomic E-state index is 1.08. The molecule has 0 radical (unpaired) electrons. The summed E-state index contributed by atoms with van der Waals surface area (Å²) in [6.45, 7) is 0. The van der Waals surface area contributed by atoms with E-state index in [2.05, 4.69) is 53.6 Å². The molecule has 0 amide bonds. The second-order valence-corrected chi connectivity index (χ2v) is 6.22. The lowest BCUT2D eigenvalue weighted by atomic mass is 10.3. The Morgan fingerprint density at radius 1 is 1.46 bits per heavy atom. The number of fused-ring (bicyclic) bond motifs is 1. The van der Waals surface area contributed by atoms with E-state index >= 15 is 0 Å². The summed E-state index contributed by atoms with van der Waals surface area (Å²) < 4.78 is 4.05. The minimum absolute atomic E-state index is 1.08. The smallest absolute Gasteiger partial charge is 0.0742 e. The third-order valence-electron chi connectivity index (χ3n) is 1.79. The molecule has 2 aromatic rings. The molecule has 0 saturated carbocycles. The fourth-order valence-electron chi connectivity index (χ4n) is 1.18. The van der Waals surface area contributed by atoms with Crippen LogP contribution in [-0.4, -0.2) is 6.26 Å². The van der Waals surface area contributed by atoms with E-state index < -0.39 is 0 Å². The van der Waals surface area contributed by atoms with Crippen molar-refractivity contribution in [3.63, 3.8) is 0 Å². The maximum Gasteiger partial charge on any atom is 0.0742 e. The summed E-state index contributed by atoms with van der Waals surface area (Å²) in [6.07, 6.45) is 2.12. The van der Waals surface area contributed by atoms with Crippen molar-refractivity contribution in [3.8, 4) is 0 Å². The van der Waals surface area contributed by atoms with E-state index in [9.17, 15) is 0 Å². The number of hydrogen-bond donors (Lipinski definition) is 1. The lowest BCUT2D eigenvalue weighted by Crippen LogP contribution is -1.69. The van der Waals surface area contributed by atoms with Crippen LogP contribution < -0.4 is 0 Å². The van der Waals surface area contributed by atoms with Gasteiger partial charge in [-0.1, -0.05) is 12.1 Å². The molecular formula is C9H7IS3. The monoisotopic (exact) mass is 338 g/mol. The van der Waals surface area contributed by atoms with Gasteiger partial charge in [-0.15, -0.1) is 35.7 Å². The molecule has 1 heterocycles. The fourth-order valence-corrected chi connectivity index (χ4v) is 4.86. The van der Waals surface area contributed by atoms with Crippen LogP contribution in [0.4, 0.5) is 0 Å². The van der Waals surface area contributed by atoms with Gasteiger partial charge >= 0.3 is 0 Å². The Morgan fingerprint density at radius 2 is 2.23 bits per heavy atom. The molecule has 1 aromatic heterocycles. The number of thiol groups is 1. The van der Waals surface area contributed by atoms with Crippen molar-refractivity contribution in [1.82, 2.24) is 0 Å². The Morgan fingerprint density at radius 3 is 2.85 bits per heavy atom. The second kappa shape index (κ2) is 4.00. The van der Waals surface area contributed by atoms with Gasteiger partial charge in [-0.25, -0.2) is 0 Å². The Kier molecular flexibility index (Phi) is 3.12. The van der Waals surface area contributed by atoms with Crippen molar-refractivity contribution in [2.24, 2.45) is 0 Å². The summed E-state index contributed by atoms with van der Waals surface area (Å²) in [5, 5.41) is 1.34. The summed E-state index contributed by atoms with van der Waals surface area (Å²) >= 11 is 10.5. The van der Waals surface area contributed by atoms with Gasteiger partial charge in [0.2, 0.25) is 0 Å². The summed E-state index contributed by atoms with van der Waals surface area (Å²) in [6, 6.07) is 6.26.